The lowest BCUT2D eigenvalue weighted by molar-refractivity contribution is -0.145. The third-order valence-electron chi connectivity index (χ3n) is 5.77. The van der Waals surface area contributed by atoms with Gasteiger partial charge in [-0.1, -0.05) is 61.9 Å². The van der Waals surface area contributed by atoms with E-state index in [-0.39, 0.29) is 32.1 Å². The lowest BCUT2D eigenvalue weighted by atomic mass is 9.98. The average molecular weight is 455 g/mol. The number of carboxylic acids is 1. The maximum absolute atomic E-state index is 12.6. The van der Waals surface area contributed by atoms with Crippen LogP contribution in [0.5, 0.6) is 0 Å². The number of benzene rings is 2. The van der Waals surface area contributed by atoms with Gasteiger partial charge in [-0.3, -0.25) is 9.59 Å². The van der Waals surface area contributed by atoms with Crippen LogP contribution in [0.2, 0.25) is 0 Å². The minimum absolute atomic E-state index is 0.0642. The maximum Gasteiger partial charge on any atom is 0.407 e. The maximum atomic E-state index is 12.6. The molecule has 3 rings (SSSR count). The monoisotopic (exact) mass is 454 g/mol. The Balaban J connectivity index is 1.61. The molecule has 0 aliphatic heterocycles. The Bertz CT molecular complexity index is 947. The number of nitrogens with zero attached hydrogens (tertiary/aromatic N) is 1. The lowest BCUT2D eigenvalue weighted by Crippen LogP contribution is -2.43. The SMILES string of the molecule is CCC[C@@H](CC(=O)N(CCO)CC(=O)O)NC(=O)OCC1c2ccccc2-c2ccccc21. The van der Waals surface area contributed by atoms with Crippen LogP contribution in [0.3, 0.4) is 0 Å². The Morgan fingerprint density at radius 2 is 1.67 bits per heavy atom. The van der Waals surface area contributed by atoms with E-state index in [2.05, 4.69) is 17.4 Å². The molecule has 1 aliphatic carbocycles. The number of ether oxygens (including phenoxy) is 1. The number of carbonyl (C=O) groups excluding carboxylic acids is 2. The van der Waals surface area contributed by atoms with Gasteiger partial charge in [-0.25, -0.2) is 4.79 Å². The van der Waals surface area contributed by atoms with Crippen molar-refractivity contribution < 1.29 is 29.3 Å². The van der Waals surface area contributed by atoms with E-state index in [1.165, 1.54) is 0 Å². The van der Waals surface area contributed by atoms with Gasteiger partial charge in [0, 0.05) is 24.9 Å². The number of amides is 2. The van der Waals surface area contributed by atoms with Gasteiger partial charge >= 0.3 is 12.1 Å². The first-order valence-electron chi connectivity index (χ1n) is 11.2. The summed E-state index contributed by atoms with van der Waals surface area (Å²) in [5, 5.41) is 20.9. The van der Waals surface area contributed by atoms with Crippen LogP contribution < -0.4 is 5.32 Å². The highest BCUT2D eigenvalue weighted by Gasteiger charge is 2.29. The van der Waals surface area contributed by atoms with Gasteiger partial charge < -0.3 is 25.2 Å². The number of nitrogens with one attached hydrogen (secondary N) is 1. The van der Waals surface area contributed by atoms with Crippen LogP contribution in [-0.4, -0.2) is 65.4 Å². The number of hydrogen-bond acceptors (Lipinski definition) is 5. The molecule has 2 amide bonds. The molecule has 1 atom stereocenters. The summed E-state index contributed by atoms with van der Waals surface area (Å²) in [6.07, 6.45) is 0.581. The van der Waals surface area contributed by atoms with E-state index in [9.17, 15) is 14.4 Å². The number of aliphatic hydroxyl groups is 1. The van der Waals surface area contributed by atoms with Gasteiger partial charge in [0.15, 0.2) is 0 Å². The van der Waals surface area contributed by atoms with Crippen molar-refractivity contribution in [3.05, 3.63) is 59.7 Å². The molecule has 3 N–H and O–H groups in total. The summed E-state index contributed by atoms with van der Waals surface area (Å²) < 4.78 is 5.56. The summed E-state index contributed by atoms with van der Waals surface area (Å²) in [6.45, 7) is 1.19. The Morgan fingerprint density at radius 1 is 1.06 bits per heavy atom. The van der Waals surface area contributed by atoms with E-state index >= 15 is 0 Å². The van der Waals surface area contributed by atoms with Crippen LogP contribution in [0.15, 0.2) is 48.5 Å². The number of carbonyl (C=O) groups is 3. The molecule has 33 heavy (non-hydrogen) atoms. The second-order valence-corrected chi connectivity index (χ2v) is 8.09. The number of aliphatic carboxylic acids is 1. The van der Waals surface area contributed by atoms with Crippen LogP contribution in [-0.2, 0) is 14.3 Å². The van der Waals surface area contributed by atoms with Crippen LogP contribution in [0.4, 0.5) is 4.79 Å². The molecule has 2 aromatic carbocycles. The average Bonchev–Trinajstić information content (AvgIpc) is 3.11. The predicted octanol–water partition coefficient (Wildman–Crippen LogP) is 2.99. The van der Waals surface area contributed by atoms with Gasteiger partial charge in [-0.2, -0.15) is 0 Å². The highest BCUT2D eigenvalue weighted by Crippen LogP contribution is 2.44. The zero-order valence-electron chi connectivity index (χ0n) is 18.7. The fourth-order valence-electron chi connectivity index (χ4n) is 4.30. The zero-order chi connectivity index (χ0) is 23.8. The van der Waals surface area contributed by atoms with Crippen LogP contribution >= 0.6 is 0 Å². The number of rotatable bonds is 11. The molecule has 176 valence electrons. The van der Waals surface area contributed by atoms with E-state index in [1.807, 2.05) is 43.3 Å². The van der Waals surface area contributed by atoms with E-state index in [1.54, 1.807) is 0 Å². The molecule has 0 aromatic heterocycles. The second kappa shape index (κ2) is 11.5. The molecular weight excluding hydrogens is 424 g/mol. The van der Waals surface area contributed by atoms with E-state index < -0.39 is 30.6 Å². The first-order valence-corrected chi connectivity index (χ1v) is 11.2. The van der Waals surface area contributed by atoms with Crippen molar-refractivity contribution in [1.29, 1.82) is 0 Å². The van der Waals surface area contributed by atoms with Gasteiger partial charge in [-0.05, 0) is 28.7 Å². The molecular formula is C25H30N2O6. The molecule has 1 aliphatic rings. The number of fused-ring (bicyclic) bond motifs is 3. The number of carboxylic acid groups (broad SMARTS) is 1. The molecule has 0 saturated carbocycles. The highest BCUT2D eigenvalue weighted by atomic mass is 16.5. The van der Waals surface area contributed by atoms with Crippen molar-refractivity contribution in [3.8, 4) is 11.1 Å². The van der Waals surface area contributed by atoms with Crippen molar-refractivity contribution in [2.75, 3.05) is 26.3 Å². The van der Waals surface area contributed by atoms with Crippen molar-refractivity contribution in [2.45, 2.75) is 38.1 Å². The van der Waals surface area contributed by atoms with Gasteiger partial charge in [0.05, 0.1) is 6.61 Å². The Hall–Kier alpha value is -3.39. The van der Waals surface area contributed by atoms with Gasteiger partial charge in [0.1, 0.15) is 13.2 Å². The molecule has 0 saturated heterocycles. The van der Waals surface area contributed by atoms with E-state index in [4.69, 9.17) is 14.9 Å². The largest absolute Gasteiger partial charge is 0.480 e. The van der Waals surface area contributed by atoms with E-state index in [0.29, 0.717) is 6.42 Å². The summed E-state index contributed by atoms with van der Waals surface area (Å²) >= 11 is 0. The Kier molecular flexibility index (Phi) is 8.43. The first kappa shape index (κ1) is 24.3. The molecule has 8 heteroatoms. The fourth-order valence-corrected chi connectivity index (χ4v) is 4.30. The summed E-state index contributed by atoms with van der Waals surface area (Å²) in [5.74, 6) is -1.66. The first-order chi connectivity index (χ1) is 15.9. The zero-order valence-corrected chi connectivity index (χ0v) is 18.7. The minimum Gasteiger partial charge on any atom is -0.480 e. The van der Waals surface area contributed by atoms with Gasteiger partial charge in [0.2, 0.25) is 5.91 Å². The number of hydrogen-bond donors (Lipinski definition) is 3. The summed E-state index contributed by atoms with van der Waals surface area (Å²) in [6, 6.07) is 15.6. The normalized spacial score (nSPS) is 13.0. The van der Waals surface area contributed by atoms with Crippen molar-refractivity contribution in [2.24, 2.45) is 0 Å². The summed E-state index contributed by atoms with van der Waals surface area (Å²) in [7, 11) is 0. The quantitative estimate of drug-likeness (QED) is 0.481. The highest BCUT2D eigenvalue weighted by molar-refractivity contribution is 5.82. The molecule has 0 radical (unpaired) electrons. The second-order valence-electron chi connectivity index (χ2n) is 8.09. The molecule has 0 spiro atoms. The fraction of sp³-hybridized carbons (Fsp3) is 0.400. The van der Waals surface area contributed by atoms with Crippen molar-refractivity contribution >= 4 is 18.0 Å². The van der Waals surface area contributed by atoms with E-state index in [0.717, 1.165) is 33.6 Å². The van der Waals surface area contributed by atoms with Crippen molar-refractivity contribution in [1.82, 2.24) is 10.2 Å². The Labute approximate surface area is 193 Å². The minimum atomic E-state index is -1.16. The molecule has 8 nitrogen and oxygen atoms in total. The standard InChI is InChI=1S/C25H30N2O6/c1-2-7-17(14-23(29)27(12-13-28)15-24(30)31)26-25(32)33-16-22-20-10-5-3-8-18(20)19-9-4-6-11-21(19)22/h3-6,8-11,17,22,28H,2,7,12-16H2,1H3,(H,26,32)(H,30,31)/t17-/m0/s1. The Morgan fingerprint density at radius 3 is 2.21 bits per heavy atom. The van der Waals surface area contributed by atoms with Gasteiger partial charge in [-0.15, -0.1) is 0 Å². The number of alkyl carbamates (subject to hydrolysis) is 1. The third kappa shape index (κ3) is 6.10. The molecule has 0 unspecified atom stereocenters. The predicted molar refractivity (Wildman–Crippen MR) is 123 cm³/mol. The summed E-state index contributed by atoms with van der Waals surface area (Å²) in [5.41, 5.74) is 4.50. The van der Waals surface area contributed by atoms with Gasteiger partial charge in [0.25, 0.3) is 0 Å². The molecule has 0 fully saturated rings. The smallest absolute Gasteiger partial charge is 0.407 e. The molecule has 0 heterocycles. The van der Waals surface area contributed by atoms with Crippen LogP contribution in [0.1, 0.15) is 43.2 Å². The van der Waals surface area contributed by atoms with Crippen LogP contribution in [0, 0.1) is 0 Å². The lowest BCUT2D eigenvalue weighted by Gasteiger charge is -2.24. The topological polar surface area (TPSA) is 116 Å². The van der Waals surface area contributed by atoms with Crippen LogP contribution in [0.25, 0.3) is 11.1 Å². The third-order valence-corrected chi connectivity index (χ3v) is 5.77. The summed E-state index contributed by atoms with van der Waals surface area (Å²) in [4.78, 5) is 37.2. The molecule has 0 bridgehead atoms. The number of aliphatic hydroxyl groups excluding tert-OH is 1. The molecule has 2 aromatic rings. The van der Waals surface area contributed by atoms with Crippen molar-refractivity contribution in [3.63, 3.8) is 0 Å².